The van der Waals surface area contributed by atoms with E-state index in [1.165, 1.54) is 0 Å². The molecular weight excluding hydrogens is 514 g/mol. The number of benzene rings is 2. The topological polar surface area (TPSA) is 65.1 Å². The van der Waals surface area contributed by atoms with Crippen molar-refractivity contribution in [3.8, 4) is 11.5 Å². The van der Waals surface area contributed by atoms with Crippen LogP contribution in [0.15, 0.2) is 61.2 Å². The fraction of sp³-hybridized carbons (Fsp3) is 0.533. The highest BCUT2D eigenvalue weighted by Crippen LogP contribution is 2.36. The predicted octanol–water partition coefficient (Wildman–Crippen LogP) is 7.17. The van der Waals surface area contributed by atoms with Gasteiger partial charge in [0.1, 0.15) is 11.5 Å². The molecule has 2 aromatic rings. The molecule has 0 N–H and O–H groups in total. The second-order valence-corrected chi connectivity index (χ2v) is 18.3. The first-order chi connectivity index (χ1) is 17.8. The lowest BCUT2D eigenvalue weighted by Gasteiger charge is -2.36. The number of ether oxygens (including phenoxy) is 2. The van der Waals surface area contributed by atoms with Crippen LogP contribution in [0.4, 0.5) is 0 Å². The number of methoxy groups -OCH3 is 2. The highest BCUT2D eigenvalue weighted by molar-refractivity contribution is 7.89. The van der Waals surface area contributed by atoms with Crippen LogP contribution in [0.5, 0.6) is 11.5 Å². The van der Waals surface area contributed by atoms with E-state index in [-0.39, 0.29) is 18.1 Å². The van der Waals surface area contributed by atoms with E-state index in [4.69, 9.17) is 13.9 Å². The van der Waals surface area contributed by atoms with E-state index in [1.54, 1.807) is 24.6 Å². The average molecular weight is 562 g/mol. The Morgan fingerprint density at radius 1 is 0.895 bits per heavy atom. The number of nitrogens with zero attached hydrogens (tertiary/aromatic N) is 1. The van der Waals surface area contributed by atoms with Crippen molar-refractivity contribution < 1.29 is 22.3 Å². The van der Waals surface area contributed by atoms with E-state index in [1.807, 2.05) is 48.5 Å². The zero-order chi connectivity index (χ0) is 28.4. The molecule has 0 spiro atoms. The van der Waals surface area contributed by atoms with Gasteiger partial charge < -0.3 is 13.9 Å². The molecular formula is C30H47NO5SSi. The summed E-state index contributed by atoms with van der Waals surface area (Å²) < 4.78 is 46.8. The first-order valence-electron chi connectivity index (χ1n) is 13.3. The number of allylic oxidation sites excluding steroid dienone is 1. The smallest absolute Gasteiger partial charge is 0.217 e. The van der Waals surface area contributed by atoms with Crippen LogP contribution < -0.4 is 9.47 Å². The van der Waals surface area contributed by atoms with Crippen LogP contribution >= 0.6 is 0 Å². The fourth-order valence-electron chi connectivity index (χ4n) is 3.92. The van der Waals surface area contributed by atoms with Gasteiger partial charge in [0.25, 0.3) is 0 Å². The van der Waals surface area contributed by atoms with Crippen LogP contribution in [-0.4, -0.2) is 47.1 Å². The third-order valence-corrected chi connectivity index (χ3v) is 14.3. The van der Waals surface area contributed by atoms with Crippen LogP contribution in [0.2, 0.25) is 18.1 Å². The van der Waals surface area contributed by atoms with Gasteiger partial charge in [0.2, 0.25) is 10.0 Å². The maximum absolute atomic E-state index is 14.2. The highest BCUT2D eigenvalue weighted by Gasteiger charge is 2.37. The largest absolute Gasteiger partial charge is 0.497 e. The van der Waals surface area contributed by atoms with Gasteiger partial charge in [-0.3, -0.25) is 0 Å². The lowest BCUT2D eigenvalue weighted by atomic mass is 10.1. The molecule has 2 aromatic carbocycles. The van der Waals surface area contributed by atoms with Gasteiger partial charge >= 0.3 is 0 Å². The molecule has 0 aromatic heterocycles. The van der Waals surface area contributed by atoms with Crippen molar-refractivity contribution in [3.05, 3.63) is 72.3 Å². The first-order valence-corrected chi connectivity index (χ1v) is 17.7. The highest BCUT2D eigenvalue weighted by atomic mass is 32.2. The SMILES string of the molecule is C=CCC[C@@H](CCCO[Si](C)(C)C(C)(C)C)S(=O)(=O)N(Cc1ccc(OC)cc1)Cc1ccc(OC)cc1. The molecule has 0 unspecified atom stereocenters. The third-order valence-electron chi connectivity index (χ3n) is 7.45. The molecule has 1 atom stereocenters. The van der Waals surface area contributed by atoms with Crippen molar-refractivity contribution >= 4 is 18.3 Å². The number of hydrogen-bond donors (Lipinski definition) is 0. The van der Waals surface area contributed by atoms with E-state index >= 15 is 0 Å². The molecule has 6 nitrogen and oxygen atoms in total. The standard InChI is InChI=1S/C30H47NO5SSi/c1-9-10-12-29(13-11-22-36-38(7,8)30(2,3)4)37(32,33)31(23-25-14-18-27(34-5)19-15-25)24-26-16-20-28(35-6)21-17-26/h9,14-21,29H,1,10-13,22-24H2,2-8H3/t29-/m0/s1. The van der Waals surface area contributed by atoms with E-state index in [2.05, 4.69) is 40.4 Å². The quantitative estimate of drug-likeness (QED) is 0.123. The zero-order valence-corrected chi connectivity index (χ0v) is 26.1. The Labute approximate surface area is 232 Å². The molecule has 0 aliphatic carbocycles. The molecule has 8 heteroatoms. The molecule has 0 radical (unpaired) electrons. The minimum atomic E-state index is -3.63. The Balaban J connectivity index is 2.28. The second-order valence-electron chi connectivity index (χ2n) is 11.2. The predicted molar refractivity (Wildman–Crippen MR) is 160 cm³/mol. The monoisotopic (exact) mass is 561 g/mol. The molecule has 0 bridgehead atoms. The minimum absolute atomic E-state index is 0.120. The van der Waals surface area contributed by atoms with Gasteiger partial charge in [0.15, 0.2) is 8.32 Å². The summed E-state index contributed by atoms with van der Waals surface area (Å²) in [5, 5.41) is -0.394. The normalized spacial score (nSPS) is 13.4. The summed E-state index contributed by atoms with van der Waals surface area (Å²) >= 11 is 0. The number of hydrogen-bond acceptors (Lipinski definition) is 5. The van der Waals surface area contributed by atoms with Gasteiger partial charge in [-0.15, -0.1) is 6.58 Å². The molecule has 0 heterocycles. The minimum Gasteiger partial charge on any atom is -0.497 e. The molecule has 0 aliphatic rings. The van der Waals surface area contributed by atoms with Crippen molar-refractivity contribution in [3.63, 3.8) is 0 Å². The molecule has 0 aliphatic heterocycles. The molecule has 38 heavy (non-hydrogen) atoms. The van der Waals surface area contributed by atoms with Crippen molar-refractivity contribution in [1.82, 2.24) is 4.31 Å². The summed E-state index contributed by atoms with van der Waals surface area (Å²) in [4.78, 5) is 0. The van der Waals surface area contributed by atoms with Gasteiger partial charge in [-0.25, -0.2) is 8.42 Å². The van der Waals surface area contributed by atoms with Crippen molar-refractivity contribution in [2.24, 2.45) is 0 Å². The fourth-order valence-corrected chi connectivity index (χ4v) is 6.98. The Morgan fingerprint density at radius 3 is 1.76 bits per heavy atom. The molecule has 2 rings (SSSR count). The Bertz CT molecular complexity index is 1040. The molecule has 0 fully saturated rings. The van der Waals surface area contributed by atoms with E-state index in [0.717, 1.165) is 22.6 Å². The van der Waals surface area contributed by atoms with Gasteiger partial charge in [0.05, 0.1) is 19.5 Å². The maximum atomic E-state index is 14.2. The lowest BCUT2D eigenvalue weighted by molar-refractivity contribution is 0.276. The van der Waals surface area contributed by atoms with E-state index in [9.17, 15) is 8.42 Å². The van der Waals surface area contributed by atoms with Gasteiger partial charge in [-0.2, -0.15) is 4.31 Å². The summed E-state index contributed by atoms with van der Waals surface area (Å²) in [5.74, 6) is 1.48. The van der Waals surface area contributed by atoms with Crippen LogP contribution in [0.1, 0.15) is 57.6 Å². The second kappa shape index (κ2) is 14.3. The molecule has 212 valence electrons. The van der Waals surface area contributed by atoms with Crippen molar-refractivity contribution in [2.45, 2.75) is 82.9 Å². The first kappa shape index (κ1) is 32.1. The average Bonchev–Trinajstić information content (AvgIpc) is 2.87. The van der Waals surface area contributed by atoms with Gasteiger partial charge in [0, 0.05) is 19.7 Å². The van der Waals surface area contributed by atoms with Crippen LogP contribution in [0, 0.1) is 0 Å². The summed E-state index contributed by atoms with van der Waals surface area (Å²) in [6.07, 6.45) is 4.23. The van der Waals surface area contributed by atoms with Crippen molar-refractivity contribution in [1.29, 1.82) is 0 Å². The van der Waals surface area contributed by atoms with Crippen LogP contribution in [0.3, 0.4) is 0 Å². The molecule has 0 saturated heterocycles. The van der Waals surface area contributed by atoms with Gasteiger partial charge in [-0.05, 0) is 79.2 Å². The van der Waals surface area contributed by atoms with Crippen LogP contribution in [-0.2, 0) is 27.5 Å². The van der Waals surface area contributed by atoms with Gasteiger partial charge in [-0.1, -0.05) is 51.1 Å². The lowest BCUT2D eigenvalue weighted by Crippen LogP contribution is -2.41. The Kier molecular flexibility index (Phi) is 12.1. The summed E-state index contributed by atoms with van der Waals surface area (Å²) in [6, 6.07) is 15.1. The summed E-state index contributed by atoms with van der Waals surface area (Å²) in [7, 11) is -2.27. The zero-order valence-electron chi connectivity index (χ0n) is 24.3. The molecule has 0 amide bonds. The Morgan fingerprint density at radius 2 is 1.37 bits per heavy atom. The van der Waals surface area contributed by atoms with E-state index < -0.39 is 23.6 Å². The van der Waals surface area contributed by atoms with Crippen molar-refractivity contribution in [2.75, 3.05) is 20.8 Å². The molecule has 0 saturated carbocycles. The Hall–Kier alpha value is -2.13. The number of sulfonamides is 1. The summed E-state index contributed by atoms with van der Waals surface area (Å²) in [6.45, 7) is 16.1. The maximum Gasteiger partial charge on any atom is 0.217 e. The van der Waals surface area contributed by atoms with Crippen LogP contribution in [0.25, 0.3) is 0 Å². The van der Waals surface area contributed by atoms with E-state index in [0.29, 0.717) is 32.3 Å². The third kappa shape index (κ3) is 9.26. The summed E-state index contributed by atoms with van der Waals surface area (Å²) in [5.41, 5.74) is 1.82. The number of rotatable bonds is 16.